The first-order valence-corrected chi connectivity index (χ1v) is 6.09. The van der Waals surface area contributed by atoms with Crippen molar-refractivity contribution in [2.24, 2.45) is 5.92 Å². The molecule has 0 spiro atoms. The molecule has 1 unspecified atom stereocenters. The molecule has 0 aromatic rings. The van der Waals surface area contributed by atoms with E-state index in [1.54, 1.807) is 0 Å². The van der Waals surface area contributed by atoms with Gasteiger partial charge in [-0.15, -0.1) is 0 Å². The summed E-state index contributed by atoms with van der Waals surface area (Å²) in [4.78, 5) is 2.30. The molecule has 2 nitrogen and oxygen atoms in total. The van der Waals surface area contributed by atoms with E-state index in [1.165, 1.54) is 38.6 Å². The minimum Gasteiger partial charge on any atom is -0.392 e. The Labute approximate surface area is 88.3 Å². The van der Waals surface area contributed by atoms with Crippen LogP contribution in [-0.4, -0.2) is 36.2 Å². The van der Waals surface area contributed by atoms with Crippen molar-refractivity contribution in [3.63, 3.8) is 0 Å². The van der Waals surface area contributed by atoms with Crippen LogP contribution in [0.4, 0.5) is 0 Å². The van der Waals surface area contributed by atoms with Crippen molar-refractivity contribution >= 4 is 0 Å². The second-order valence-electron chi connectivity index (χ2n) is 4.79. The predicted molar refractivity (Wildman–Crippen MR) is 60.4 cm³/mol. The first-order chi connectivity index (χ1) is 6.72. The Bertz CT molecular complexity index is 143. The van der Waals surface area contributed by atoms with Gasteiger partial charge in [0.2, 0.25) is 0 Å². The summed E-state index contributed by atoms with van der Waals surface area (Å²) in [5, 5.41) is 9.52. The molecule has 1 rings (SSSR count). The van der Waals surface area contributed by atoms with Crippen molar-refractivity contribution in [2.75, 3.05) is 20.1 Å². The summed E-state index contributed by atoms with van der Waals surface area (Å²) in [6.45, 7) is 4.06. The molecule has 1 atom stereocenters. The van der Waals surface area contributed by atoms with Crippen molar-refractivity contribution < 1.29 is 5.11 Å². The van der Waals surface area contributed by atoms with Gasteiger partial charge in [-0.1, -0.05) is 26.2 Å². The predicted octanol–water partition coefficient (Wildman–Crippen LogP) is 2.27. The third-order valence-electron chi connectivity index (χ3n) is 3.29. The van der Waals surface area contributed by atoms with Gasteiger partial charge in [0.25, 0.3) is 0 Å². The molecule has 1 aliphatic rings. The van der Waals surface area contributed by atoms with E-state index in [0.717, 1.165) is 18.9 Å². The zero-order valence-corrected chi connectivity index (χ0v) is 9.71. The number of nitrogens with zero attached hydrogens (tertiary/aromatic N) is 1. The van der Waals surface area contributed by atoms with Crippen LogP contribution in [0, 0.1) is 5.92 Å². The van der Waals surface area contributed by atoms with Crippen molar-refractivity contribution in [3.8, 4) is 0 Å². The molecule has 0 radical (unpaired) electrons. The molecule has 0 aromatic heterocycles. The van der Waals surface area contributed by atoms with Crippen LogP contribution in [0.15, 0.2) is 0 Å². The second kappa shape index (κ2) is 6.41. The Morgan fingerprint density at radius 1 is 1.29 bits per heavy atom. The Hall–Kier alpha value is -0.0800. The molecular formula is C12H25NO. The van der Waals surface area contributed by atoms with Crippen LogP contribution in [0.1, 0.15) is 45.4 Å². The van der Waals surface area contributed by atoms with E-state index in [2.05, 4.69) is 11.9 Å². The SMILES string of the molecule is CCC(O)CN(C)CC1CCCCC1. The van der Waals surface area contributed by atoms with Crippen LogP contribution >= 0.6 is 0 Å². The summed E-state index contributed by atoms with van der Waals surface area (Å²) in [5.41, 5.74) is 0. The van der Waals surface area contributed by atoms with E-state index in [-0.39, 0.29) is 6.10 Å². The molecule has 0 aromatic carbocycles. The Morgan fingerprint density at radius 2 is 1.93 bits per heavy atom. The third kappa shape index (κ3) is 4.43. The van der Waals surface area contributed by atoms with Crippen LogP contribution in [0.3, 0.4) is 0 Å². The zero-order chi connectivity index (χ0) is 10.4. The van der Waals surface area contributed by atoms with Gasteiger partial charge < -0.3 is 10.0 Å². The van der Waals surface area contributed by atoms with E-state index >= 15 is 0 Å². The van der Waals surface area contributed by atoms with Crippen LogP contribution in [0.5, 0.6) is 0 Å². The zero-order valence-electron chi connectivity index (χ0n) is 9.71. The summed E-state index contributed by atoms with van der Waals surface area (Å²) in [7, 11) is 2.13. The number of hydrogen-bond acceptors (Lipinski definition) is 2. The largest absolute Gasteiger partial charge is 0.392 e. The maximum atomic E-state index is 9.52. The third-order valence-corrected chi connectivity index (χ3v) is 3.29. The molecule has 0 amide bonds. The van der Waals surface area contributed by atoms with Gasteiger partial charge in [-0.25, -0.2) is 0 Å². The fourth-order valence-electron chi connectivity index (χ4n) is 2.37. The lowest BCUT2D eigenvalue weighted by molar-refractivity contribution is 0.109. The number of hydrogen-bond donors (Lipinski definition) is 1. The molecule has 1 aliphatic carbocycles. The number of likely N-dealkylation sites (N-methyl/N-ethyl adjacent to an activating group) is 1. The summed E-state index contributed by atoms with van der Waals surface area (Å²) in [6.07, 6.45) is 7.78. The lowest BCUT2D eigenvalue weighted by Gasteiger charge is -2.28. The minimum absolute atomic E-state index is 0.136. The quantitative estimate of drug-likeness (QED) is 0.734. The average Bonchev–Trinajstić information content (AvgIpc) is 2.19. The molecule has 0 bridgehead atoms. The number of rotatable bonds is 5. The molecular weight excluding hydrogens is 174 g/mol. The van der Waals surface area contributed by atoms with E-state index in [1.807, 2.05) is 6.92 Å². The first kappa shape index (κ1) is 12.0. The number of aliphatic hydroxyl groups excluding tert-OH is 1. The topological polar surface area (TPSA) is 23.5 Å². The normalized spacial score (nSPS) is 21.4. The van der Waals surface area contributed by atoms with Crippen molar-refractivity contribution in [1.29, 1.82) is 0 Å². The van der Waals surface area contributed by atoms with Gasteiger partial charge in [0.15, 0.2) is 0 Å². The highest BCUT2D eigenvalue weighted by Gasteiger charge is 2.16. The molecule has 14 heavy (non-hydrogen) atoms. The summed E-state index contributed by atoms with van der Waals surface area (Å²) in [5.74, 6) is 0.887. The maximum absolute atomic E-state index is 9.52. The maximum Gasteiger partial charge on any atom is 0.0664 e. The van der Waals surface area contributed by atoms with Gasteiger partial charge in [0.05, 0.1) is 6.10 Å². The van der Waals surface area contributed by atoms with Crippen LogP contribution in [0.25, 0.3) is 0 Å². The summed E-state index contributed by atoms with van der Waals surface area (Å²) >= 11 is 0. The molecule has 84 valence electrons. The molecule has 0 saturated heterocycles. The van der Waals surface area contributed by atoms with Gasteiger partial charge in [-0.3, -0.25) is 0 Å². The summed E-state index contributed by atoms with van der Waals surface area (Å²) < 4.78 is 0. The Morgan fingerprint density at radius 3 is 2.50 bits per heavy atom. The molecule has 2 heteroatoms. The molecule has 0 aliphatic heterocycles. The van der Waals surface area contributed by atoms with E-state index in [9.17, 15) is 5.11 Å². The lowest BCUT2D eigenvalue weighted by Crippen LogP contribution is -2.33. The molecule has 1 fully saturated rings. The molecule has 1 saturated carbocycles. The summed E-state index contributed by atoms with van der Waals surface area (Å²) in [6, 6.07) is 0. The van der Waals surface area contributed by atoms with Crippen LogP contribution in [0.2, 0.25) is 0 Å². The van der Waals surface area contributed by atoms with Crippen molar-refractivity contribution in [3.05, 3.63) is 0 Å². The lowest BCUT2D eigenvalue weighted by atomic mass is 9.89. The van der Waals surface area contributed by atoms with Crippen LogP contribution in [-0.2, 0) is 0 Å². The Kier molecular flexibility index (Phi) is 5.49. The minimum atomic E-state index is -0.136. The van der Waals surface area contributed by atoms with Gasteiger partial charge in [-0.05, 0) is 32.2 Å². The van der Waals surface area contributed by atoms with Crippen molar-refractivity contribution in [1.82, 2.24) is 4.90 Å². The van der Waals surface area contributed by atoms with Gasteiger partial charge >= 0.3 is 0 Å². The highest BCUT2D eigenvalue weighted by Crippen LogP contribution is 2.24. The first-order valence-electron chi connectivity index (χ1n) is 6.09. The van der Waals surface area contributed by atoms with Crippen molar-refractivity contribution in [2.45, 2.75) is 51.6 Å². The van der Waals surface area contributed by atoms with E-state index in [4.69, 9.17) is 0 Å². The van der Waals surface area contributed by atoms with E-state index in [0.29, 0.717) is 0 Å². The van der Waals surface area contributed by atoms with Gasteiger partial charge in [0, 0.05) is 13.1 Å². The fraction of sp³-hybridized carbons (Fsp3) is 1.00. The highest BCUT2D eigenvalue weighted by molar-refractivity contribution is 4.70. The fourth-order valence-corrected chi connectivity index (χ4v) is 2.37. The van der Waals surface area contributed by atoms with Crippen LogP contribution < -0.4 is 0 Å². The van der Waals surface area contributed by atoms with Gasteiger partial charge in [0.1, 0.15) is 0 Å². The monoisotopic (exact) mass is 199 g/mol. The average molecular weight is 199 g/mol. The number of aliphatic hydroxyl groups is 1. The highest BCUT2D eigenvalue weighted by atomic mass is 16.3. The standard InChI is InChI=1S/C12H25NO/c1-3-12(14)10-13(2)9-11-7-5-4-6-8-11/h11-12,14H,3-10H2,1-2H3. The Balaban J connectivity index is 2.14. The van der Waals surface area contributed by atoms with E-state index < -0.39 is 0 Å². The second-order valence-corrected chi connectivity index (χ2v) is 4.79. The smallest absolute Gasteiger partial charge is 0.0664 e. The molecule has 0 heterocycles. The molecule has 1 N–H and O–H groups in total. The van der Waals surface area contributed by atoms with Gasteiger partial charge in [-0.2, -0.15) is 0 Å².